The maximum absolute atomic E-state index is 12.9. The smallest absolute Gasteiger partial charge is 0.226 e. The predicted octanol–water partition coefficient (Wildman–Crippen LogP) is 2.57. The zero-order valence-corrected chi connectivity index (χ0v) is 17.5. The van der Waals surface area contributed by atoms with Gasteiger partial charge in [0.25, 0.3) is 0 Å². The van der Waals surface area contributed by atoms with E-state index in [2.05, 4.69) is 30.5 Å². The van der Waals surface area contributed by atoms with Gasteiger partial charge in [0, 0.05) is 32.1 Å². The van der Waals surface area contributed by atoms with Gasteiger partial charge in [0.1, 0.15) is 12.1 Å². The van der Waals surface area contributed by atoms with Crippen molar-refractivity contribution in [1.29, 1.82) is 0 Å². The van der Waals surface area contributed by atoms with E-state index in [-0.39, 0.29) is 30.7 Å². The molecule has 2 saturated heterocycles. The fraction of sp³-hybridized carbons (Fsp3) is 0.611. The number of rotatable bonds is 2. The lowest BCUT2D eigenvalue weighted by atomic mass is 9.91. The van der Waals surface area contributed by atoms with Crippen molar-refractivity contribution in [2.45, 2.75) is 19.3 Å². The molecule has 2 aliphatic heterocycles. The average Bonchev–Trinajstić information content (AvgIpc) is 3.13. The van der Waals surface area contributed by atoms with E-state index in [0.717, 1.165) is 61.7 Å². The van der Waals surface area contributed by atoms with Gasteiger partial charge in [0.15, 0.2) is 0 Å². The van der Waals surface area contributed by atoms with Crippen LogP contribution in [0.15, 0.2) is 17.8 Å². The van der Waals surface area contributed by atoms with Crippen molar-refractivity contribution < 1.29 is 4.79 Å². The van der Waals surface area contributed by atoms with Gasteiger partial charge in [-0.15, -0.1) is 36.2 Å². The van der Waals surface area contributed by atoms with E-state index in [9.17, 15) is 4.79 Å². The molecule has 5 rings (SSSR count). The molecule has 0 radical (unpaired) electrons. The van der Waals surface area contributed by atoms with Gasteiger partial charge in [-0.3, -0.25) is 4.79 Å². The van der Waals surface area contributed by atoms with Crippen molar-refractivity contribution in [2.75, 3.05) is 44.2 Å². The van der Waals surface area contributed by atoms with E-state index in [4.69, 9.17) is 0 Å². The first kappa shape index (κ1) is 20.6. The van der Waals surface area contributed by atoms with Crippen LogP contribution in [0.1, 0.15) is 19.3 Å². The first-order chi connectivity index (χ1) is 12.3. The van der Waals surface area contributed by atoms with E-state index in [0.29, 0.717) is 11.3 Å². The number of fused-ring (bicyclic) bond motifs is 1. The number of piperidine rings is 1. The standard InChI is InChI=1S/C18H23N5OS.2ClH/c24-17(13-11-18(13)2-4-19-5-3-18)23-8-6-22(7-9-23)16-15-14(1-10-25-15)20-12-21-16;;/h1,10,12-13,19H,2-9,11H2;2*1H. The summed E-state index contributed by atoms with van der Waals surface area (Å²) in [6.07, 6.45) is 5.09. The minimum absolute atomic E-state index is 0. The third-order valence-electron chi connectivity index (χ3n) is 6.20. The summed E-state index contributed by atoms with van der Waals surface area (Å²) in [6.45, 7) is 5.47. The number of aromatic nitrogens is 2. The minimum atomic E-state index is 0. The Labute approximate surface area is 175 Å². The van der Waals surface area contributed by atoms with E-state index in [1.807, 2.05) is 6.07 Å². The quantitative estimate of drug-likeness (QED) is 0.794. The van der Waals surface area contributed by atoms with Crippen molar-refractivity contribution in [2.24, 2.45) is 11.3 Å². The molecule has 2 aromatic heterocycles. The monoisotopic (exact) mass is 429 g/mol. The Hall–Kier alpha value is -1.15. The Morgan fingerprint density at radius 1 is 1.15 bits per heavy atom. The van der Waals surface area contributed by atoms with Crippen LogP contribution in [0.5, 0.6) is 0 Å². The highest BCUT2D eigenvalue weighted by molar-refractivity contribution is 7.17. The third kappa shape index (κ3) is 3.62. The predicted molar refractivity (Wildman–Crippen MR) is 113 cm³/mol. The van der Waals surface area contributed by atoms with Gasteiger partial charge in [-0.05, 0) is 49.2 Å². The van der Waals surface area contributed by atoms with E-state index >= 15 is 0 Å². The lowest BCUT2D eigenvalue weighted by Crippen LogP contribution is -2.50. The van der Waals surface area contributed by atoms with Gasteiger partial charge in [0.2, 0.25) is 5.91 Å². The van der Waals surface area contributed by atoms with Crippen LogP contribution in [0.2, 0.25) is 0 Å². The summed E-state index contributed by atoms with van der Waals surface area (Å²) in [6, 6.07) is 2.04. The molecule has 9 heteroatoms. The average molecular weight is 430 g/mol. The van der Waals surface area contributed by atoms with Crippen LogP contribution in [0, 0.1) is 11.3 Å². The molecule has 1 unspecified atom stereocenters. The zero-order chi connectivity index (χ0) is 16.9. The summed E-state index contributed by atoms with van der Waals surface area (Å²) in [5.74, 6) is 1.70. The van der Waals surface area contributed by atoms with Gasteiger partial charge in [0.05, 0.1) is 10.2 Å². The molecule has 1 atom stereocenters. The second-order valence-electron chi connectivity index (χ2n) is 7.51. The van der Waals surface area contributed by atoms with Crippen LogP contribution < -0.4 is 10.2 Å². The summed E-state index contributed by atoms with van der Waals surface area (Å²) < 4.78 is 1.15. The Balaban J connectivity index is 0.00000105. The number of carbonyl (C=O) groups excluding carboxylic acids is 1. The summed E-state index contributed by atoms with van der Waals surface area (Å²) in [7, 11) is 0. The number of amides is 1. The first-order valence-corrected chi connectivity index (χ1v) is 10.1. The Morgan fingerprint density at radius 3 is 2.63 bits per heavy atom. The SMILES string of the molecule is Cl.Cl.O=C(C1CC12CCNCC2)N1CCN(c2ncnc3ccsc23)CC1. The lowest BCUT2D eigenvalue weighted by molar-refractivity contribution is -0.133. The Kier molecular flexibility index (Phi) is 6.15. The number of nitrogens with one attached hydrogen (secondary N) is 1. The third-order valence-corrected chi connectivity index (χ3v) is 7.10. The van der Waals surface area contributed by atoms with Crippen LogP contribution >= 0.6 is 36.2 Å². The van der Waals surface area contributed by atoms with Crippen LogP contribution in [-0.2, 0) is 4.79 Å². The van der Waals surface area contributed by atoms with Gasteiger partial charge < -0.3 is 15.1 Å². The van der Waals surface area contributed by atoms with Crippen LogP contribution in [0.25, 0.3) is 10.2 Å². The maximum atomic E-state index is 12.9. The van der Waals surface area contributed by atoms with Crippen LogP contribution in [0.4, 0.5) is 5.82 Å². The van der Waals surface area contributed by atoms with Crippen LogP contribution in [-0.4, -0.2) is 60.0 Å². The molecule has 1 N–H and O–H groups in total. The molecule has 1 spiro atoms. The van der Waals surface area contributed by atoms with Crippen molar-refractivity contribution in [3.05, 3.63) is 17.8 Å². The molecule has 0 bridgehead atoms. The normalized spacial score (nSPS) is 23.6. The number of carbonyl (C=O) groups is 1. The number of nitrogens with zero attached hydrogens (tertiary/aromatic N) is 4. The molecule has 1 aliphatic carbocycles. The largest absolute Gasteiger partial charge is 0.352 e. The summed E-state index contributed by atoms with van der Waals surface area (Å²) in [5.41, 5.74) is 1.34. The number of thiophene rings is 1. The number of hydrogen-bond donors (Lipinski definition) is 1. The highest BCUT2D eigenvalue weighted by Gasteiger charge is 2.58. The molecule has 6 nitrogen and oxygen atoms in total. The summed E-state index contributed by atoms with van der Waals surface area (Å²) in [4.78, 5) is 26.1. The Morgan fingerprint density at radius 2 is 1.89 bits per heavy atom. The number of hydrogen-bond acceptors (Lipinski definition) is 6. The van der Waals surface area contributed by atoms with Gasteiger partial charge in [-0.2, -0.15) is 0 Å². The van der Waals surface area contributed by atoms with Gasteiger partial charge >= 0.3 is 0 Å². The molecular weight excluding hydrogens is 405 g/mol. The highest BCUT2D eigenvalue weighted by atomic mass is 35.5. The fourth-order valence-electron chi connectivity index (χ4n) is 4.53. The molecular formula is C18H25Cl2N5OS. The molecule has 3 aliphatic rings. The highest BCUT2D eigenvalue weighted by Crippen LogP contribution is 2.59. The van der Waals surface area contributed by atoms with Crippen LogP contribution in [0.3, 0.4) is 0 Å². The first-order valence-electron chi connectivity index (χ1n) is 9.20. The summed E-state index contributed by atoms with van der Waals surface area (Å²) >= 11 is 1.69. The number of anilines is 1. The van der Waals surface area contributed by atoms with E-state index in [1.54, 1.807) is 17.7 Å². The van der Waals surface area contributed by atoms with Crippen molar-refractivity contribution in [3.8, 4) is 0 Å². The van der Waals surface area contributed by atoms with Crippen molar-refractivity contribution in [3.63, 3.8) is 0 Å². The second-order valence-corrected chi connectivity index (χ2v) is 8.43. The number of piperazine rings is 1. The molecule has 2 aromatic rings. The van der Waals surface area contributed by atoms with Crippen molar-refractivity contribution in [1.82, 2.24) is 20.2 Å². The fourth-order valence-corrected chi connectivity index (χ4v) is 5.40. The van der Waals surface area contributed by atoms with Gasteiger partial charge in [-0.25, -0.2) is 9.97 Å². The molecule has 3 fully saturated rings. The Bertz CT molecular complexity index is 802. The lowest BCUT2D eigenvalue weighted by Gasteiger charge is -2.36. The minimum Gasteiger partial charge on any atom is -0.352 e. The molecule has 4 heterocycles. The maximum Gasteiger partial charge on any atom is 0.226 e. The van der Waals surface area contributed by atoms with Gasteiger partial charge in [-0.1, -0.05) is 0 Å². The molecule has 27 heavy (non-hydrogen) atoms. The zero-order valence-electron chi connectivity index (χ0n) is 15.1. The van der Waals surface area contributed by atoms with E-state index < -0.39 is 0 Å². The molecule has 1 saturated carbocycles. The topological polar surface area (TPSA) is 61.4 Å². The summed E-state index contributed by atoms with van der Waals surface area (Å²) in [5, 5.41) is 5.48. The second kappa shape index (κ2) is 8.07. The number of halogens is 2. The van der Waals surface area contributed by atoms with E-state index in [1.165, 1.54) is 12.8 Å². The molecule has 0 aromatic carbocycles. The van der Waals surface area contributed by atoms with Crippen molar-refractivity contribution >= 4 is 58.1 Å². The molecule has 1 amide bonds. The molecule has 148 valence electrons.